The number of imidazole rings is 1. The molecule has 0 spiro atoms. The Labute approximate surface area is 106 Å². The Morgan fingerprint density at radius 3 is 2.94 bits per heavy atom. The van der Waals surface area contributed by atoms with E-state index in [2.05, 4.69) is 40.1 Å². The molecule has 0 aliphatic rings. The van der Waals surface area contributed by atoms with E-state index in [4.69, 9.17) is 11.6 Å². The molecule has 0 radical (unpaired) electrons. The van der Waals surface area contributed by atoms with Gasteiger partial charge in [-0.05, 0) is 18.7 Å². The minimum atomic E-state index is 0.667. The van der Waals surface area contributed by atoms with E-state index >= 15 is 0 Å². The molecule has 0 saturated carbocycles. The predicted molar refractivity (Wildman–Crippen MR) is 69.1 cm³/mol. The van der Waals surface area contributed by atoms with E-state index in [1.54, 1.807) is 6.20 Å². The van der Waals surface area contributed by atoms with Gasteiger partial charge in [-0.25, -0.2) is 4.98 Å². The second kappa shape index (κ2) is 5.38. The third-order valence-electron chi connectivity index (χ3n) is 2.82. The predicted octanol–water partition coefficient (Wildman–Crippen LogP) is 2.03. The first kappa shape index (κ1) is 12.2. The Hall–Kier alpha value is -1.26. The summed E-state index contributed by atoms with van der Waals surface area (Å²) >= 11 is 5.97. The zero-order chi connectivity index (χ0) is 12.3. The summed E-state index contributed by atoms with van der Waals surface area (Å²) in [4.78, 5) is 4.30. The summed E-state index contributed by atoms with van der Waals surface area (Å²) in [7, 11) is 1.93. The Bertz CT molecular complexity index is 486. The summed E-state index contributed by atoms with van der Waals surface area (Å²) in [6.07, 6.45) is 3.75. The van der Waals surface area contributed by atoms with Gasteiger partial charge in [0.25, 0.3) is 0 Å². The molecule has 1 N–H and O–H groups in total. The van der Waals surface area contributed by atoms with Crippen molar-refractivity contribution in [2.45, 2.75) is 20.0 Å². The lowest BCUT2D eigenvalue weighted by Gasteiger charge is -2.09. The van der Waals surface area contributed by atoms with Crippen LogP contribution in [0, 0.1) is 0 Å². The molecule has 0 unspecified atom stereocenters. The lowest BCUT2D eigenvalue weighted by Crippen LogP contribution is -2.16. The first-order chi connectivity index (χ1) is 8.22. The molecule has 2 rings (SSSR count). The van der Waals surface area contributed by atoms with Crippen LogP contribution in [0.1, 0.15) is 18.4 Å². The molecule has 0 amide bonds. The molecular formula is C12H17ClN4. The normalized spacial score (nSPS) is 11.0. The molecule has 2 aromatic heterocycles. The number of nitrogens with zero attached hydrogens (tertiary/aromatic N) is 3. The molecule has 0 aliphatic carbocycles. The van der Waals surface area contributed by atoms with Gasteiger partial charge in [0, 0.05) is 25.5 Å². The van der Waals surface area contributed by atoms with Crippen LogP contribution < -0.4 is 5.32 Å². The smallest absolute Gasteiger partial charge is 0.129 e. The van der Waals surface area contributed by atoms with Gasteiger partial charge in [0.2, 0.25) is 0 Å². The summed E-state index contributed by atoms with van der Waals surface area (Å²) in [5.74, 6) is 0.962. The van der Waals surface area contributed by atoms with Gasteiger partial charge in [0.15, 0.2) is 0 Å². The fourth-order valence-corrected chi connectivity index (χ4v) is 1.89. The lowest BCUT2D eigenvalue weighted by atomic mass is 10.4. The molecule has 0 aromatic carbocycles. The minimum Gasteiger partial charge on any atom is -0.343 e. The average molecular weight is 253 g/mol. The van der Waals surface area contributed by atoms with Gasteiger partial charge < -0.3 is 14.5 Å². The Morgan fingerprint density at radius 2 is 2.29 bits per heavy atom. The van der Waals surface area contributed by atoms with Crippen LogP contribution in [-0.2, 0) is 20.1 Å². The van der Waals surface area contributed by atoms with Crippen LogP contribution in [0.2, 0.25) is 5.15 Å². The van der Waals surface area contributed by atoms with Gasteiger partial charge in [-0.2, -0.15) is 0 Å². The van der Waals surface area contributed by atoms with E-state index in [1.165, 1.54) is 5.69 Å². The Kier molecular flexibility index (Phi) is 3.86. The highest BCUT2D eigenvalue weighted by Gasteiger charge is 2.07. The monoisotopic (exact) mass is 252 g/mol. The third-order valence-corrected chi connectivity index (χ3v) is 3.17. The van der Waals surface area contributed by atoms with E-state index < -0.39 is 0 Å². The molecule has 0 bridgehead atoms. The largest absolute Gasteiger partial charge is 0.343 e. The summed E-state index contributed by atoms with van der Waals surface area (Å²) in [6, 6.07) is 4.17. The summed E-state index contributed by atoms with van der Waals surface area (Å²) in [6.45, 7) is 4.70. The second-order valence-corrected chi connectivity index (χ2v) is 4.35. The van der Waals surface area contributed by atoms with E-state index in [0.717, 1.165) is 25.5 Å². The van der Waals surface area contributed by atoms with Crippen molar-refractivity contribution in [2.75, 3.05) is 6.54 Å². The van der Waals surface area contributed by atoms with Crippen molar-refractivity contribution >= 4 is 11.6 Å². The molecule has 2 heterocycles. The molecule has 92 valence electrons. The van der Waals surface area contributed by atoms with Crippen molar-refractivity contribution in [3.63, 3.8) is 0 Å². The van der Waals surface area contributed by atoms with Crippen LogP contribution in [0.25, 0.3) is 0 Å². The molecule has 0 atom stereocenters. The zero-order valence-corrected chi connectivity index (χ0v) is 10.9. The quantitative estimate of drug-likeness (QED) is 0.884. The Balaban J connectivity index is 2.13. The summed E-state index contributed by atoms with van der Waals surface area (Å²) < 4.78 is 4.08. The van der Waals surface area contributed by atoms with E-state index in [1.807, 2.05) is 11.6 Å². The number of aromatic nitrogens is 3. The SMILES string of the molecule is CCNCc1cccn1Cc1ncc(Cl)n1C. The summed E-state index contributed by atoms with van der Waals surface area (Å²) in [5, 5.41) is 3.99. The molecule has 0 saturated heterocycles. The van der Waals surface area contributed by atoms with Gasteiger partial charge in [-0.1, -0.05) is 18.5 Å². The van der Waals surface area contributed by atoms with Gasteiger partial charge in [0.05, 0.1) is 12.7 Å². The Morgan fingerprint density at radius 1 is 1.47 bits per heavy atom. The van der Waals surface area contributed by atoms with Crippen molar-refractivity contribution in [3.8, 4) is 0 Å². The summed E-state index contributed by atoms with van der Waals surface area (Å²) in [5.41, 5.74) is 1.26. The van der Waals surface area contributed by atoms with Crippen LogP contribution in [-0.4, -0.2) is 20.7 Å². The number of rotatable bonds is 5. The molecule has 17 heavy (non-hydrogen) atoms. The highest BCUT2D eigenvalue weighted by atomic mass is 35.5. The van der Waals surface area contributed by atoms with Gasteiger partial charge >= 0.3 is 0 Å². The zero-order valence-electron chi connectivity index (χ0n) is 10.2. The first-order valence-electron chi connectivity index (χ1n) is 5.73. The van der Waals surface area contributed by atoms with E-state index in [-0.39, 0.29) is 0 Å². The van der Waals surface area contributed by atoms with Crippen LogP contribution in [0.15, 0.2) is 24.5 Å². The number of hydrogen-bond donors (Lipinski definition) is 1. The maximum atomic E-state index is 5.97. The molecule has 0 fully saturated rings. The second-order valence-electron chi connectivity index (χ2n) is 3.96. The fraction of sp³-hybridized carbons (Fsp3) is 0.417. The molecular weight excluding hydrogens is 236 g/mol. The van der Waals surface area contributed by atoms with Crippen LogP contribution >= 0.6 is 11.6 Å². The van der Waals surface area contributed by atoms with Crippen molar-refractivity contribution in [2.24, 2.45) is 7.05 Å². The lowest BCUT2D eigenvalue weighted by molar-refractivity contribution is 0.631. The molecule has 4 nitrogen and oxygen atoms in total. The van der Waals surface area contributed by atoms with Gasteiger partial charge in [-0.15, -0.1) is 0 Å². The minimum absolute atomic E-state index is 0.667. The topological polar surface area (TPSA) is 34.8 Å². The molecule has 5 heteroatoms. The third kappa shape index (κ3) is 2.70. The van der Waals surface area contributed by atoms with Gasteiger partial charge in [-0.3, -0.25) is 0 Å². The maximum absolute atomic E-state index is 5.97. The highest BCUT2D eigenvalue weighted by molar-refractivity contribution is 6.29. The first-order valence-corrected chi connectivity index (χ1v) is 6.11. The number of hydrogen-bond acceptors (Lipinski definition) is 2. The maximum Gasteiger partial charge on any atom is 0.129 e. The van der Waals surface area contributed by atoms with Crippen molar-refractivity contribution in [1.29, 1.82) is 0 Å². The average Bonchev–Trinajstić information content (AvgIpc) is 2.89. The standard InChI is InChI=1S/C12H17ClN4/c1-3-14-7-10-5-4-6-17(10)9-12-15-8-11(13)16(12)2/h4-6,8,14H,3,7,9H2,1-2H3. The van der Waals surface area contributed by atoms with Crippen LogP contribution in [0.4, 0.5) is 0 Å². The van der Waals surface area contributed by atoms with Crippen molar-refractivity contribution < 1.29 is 0 Å². The molecule has 0 aliphatic heterocycles. The molecule has 2 aromatic rings. The highest BCUT2D eigenvalue weighted by Crippen LogP contribution is 2.12. The van der Waals surface area contributed by atoms with Crippen LogP contribution in [0.5, 0.6) is 0 Å². The van der Waals surface area contributed by atoms with Crippen molar-refractivity contribution in [1.82, 2.24) is 19.4 Å². The van der Waals surface area contributed by atoms with Crippen LogP contribution in [0.3, 0.4) is 0 Å². The number of halogens is 1. The van der Waals surface area contributed by atoms with Gasteiger partial charge in [0.1, 0.15) is 11.0 Å². The fourth-order valence-electron chi connectivity index (χ4n) is 1.74. The number of nitrogens with one attached hydrogen (secondary N) is 1. The van der Waals surface area contributed by atoms with E-state index in [0.29, 0.717) is 5.15 Å². The van der Waals surface area contributed by atoms with Crippen molar-refractivity contribution in [3.05, 3.63) is 41.2 Å². The van der Waals surface area contributed by atoms with E-state index in [9.17, 15) is 0 Å².